The maximum atomic E-state index is 9.24. The van der Waals surface area contributed by atoms with Crippen LogP contribution in [0.1, 0.15) is 44.9 Å². The summed E-state index contributed by atoms with van der Waals surface area (Å²) in [5.41, 5.74) is 0. The average Bonchev–Trinajstić information content (AvgIpc) is 2.40. The molecule has 2 fully saturated rings. The SMILES string of the molecule is Cl.OCCN(CC1CCNCC1)C1CCCCC1. The smallest absolute Gasteiger partial charge is 0.0558 e. The lowest BCUT2D eigenvalue weighted by atomic mass is 9.91. The summed E-state index contributed by atoms with van der Waals surface area (Å²) < 4.78 is 0. The van der Waals surface area contributed by atoms with Crippen molar-refractivity contribution in [3.63, 3.8) is 0 Å². The third kappa shape index (κ3) is 5.04. The van der Waals surface area contributed by atoms with Crippen LogP contribution in [-0.2, 0) is 0 Å². The van der Waals surface area contributed by atoms with E-state index < -0.39 is 0 Å². The van der Waals surface area contributed by atoms with Crippen LogP contribution >= 0.6 is 12.4 Å². The molecule has 3 nitrogen and oxygen atoms in total. The summed E-state index contributed by atoms with van der Waals surface area (Å²) in [6.45, 7) is 4.79. The van der Waals surface area contributed by atoms with Gasteiger partial charge in [0.1, 0.15) is 0 Å². The molecule has 0 unspecified atom stereocenters. The molecule has 2 rings (SSSR count). The largest absolute Gasteiger partial charge is 0.395 e. The zero-order chi connectivity index (χ0) is 11.9. The molecule has 0 radical (unpaired) electrons. The minimum atomic E-state index is 0. The Kier molecular flexibility index (Phi) is 8.23. The first-order chi connectivity index (χ1) is 8.40. The minimum absolute atomic E-state index is 0. The van der Waals surface area contributed by atoms with E-state index in [4.69, 9.17) is 0 Å². The fourth-order valence-corrected chi connectivity index (χ4v) is 3.39. The summed E-state index contributed by atoms with van der Waals surface area (Å²) in [6.07, 6.45) is 9.52. The van der Waals surface area contributed by atoms with E-state index in [0.717, 1.165) is 18.5 Å². The predicted molar refractivity (Wildman–Crippen MR) is 78.4 cm³/mol. The minimum Gasteiger partial charge on any atom is -0.395 e. The highest BCUT2D eigenvalue weighted by atomic mass is 35.5. The molecule has 0 bridgehead atoms. The molecule has 2 aliphatic rings. The number of aliphatic hydroxyl groups is 1. The highest BCUT2D eigenvalue weighted by Gasteiger charge is 2.24. The zero-order valence-electron chi connectivity index (χ0n) is 11.4. The molecule has 0 amide bonds. The molecule has 1 aliphatic carbocycles. The van der Waals surface area contributed by atoms with Crippen molar-refractivity contribution in [3.8, 4) is 0 Å². The Labute approximate surface area is 118 Å². The molecule has 1 aliphatic heterocycles. The van der Waals surface area contributed by atoms with Crippen molar-refractivity contribution in [3.05, 3.63) is 0 Å². The topological polar surface area (TPSA) is 35.5 Å². The van der Waals surface area contributed by atoms with E-state index in [1.165, 1.54) is 64.6 Å². The van der Waals surface area contributed by atoms with Gasteiger partial charge in [0.05, 0.1) is 6.61 Å². The van der Waals surface area contributed by atoms with Crippen molar-refractivity contribution >= 4 is 12.4 Å². The highest BCUT2D eigenvalue weighted by Crippen LogP contribution is 2.24. The Morgan fingerprint density at radius 3 is 2.28 bits per heavy atom. The van der Waals surface area contributed by atoms with Crippen LogP contribution in [-0.4, -0.2) is 48.8 Å². The number of hydrogen-bond acceptors (Lipinski definition) is 3. The van der Waals surface area contributed by atoms with Gasteiger partial charge in [0, 0.05) is 19.1 Å². The van der Waals surface area contributed by atoms with Gasteiger partial charge in [0.2, 0.25) is 0 Å². The van der Waals surface area contributed by atoms with E-state index in [1.807, 2.05) is 0 Å². The van der Waals surface area contributed by atoms with E-state index in [1.54, 1.807) is 0 Å². The number of hydrogen-bond donors (Lipinski definition) is 2. The standard InChI is InChI=1S/C14H28N2O.ClH/c17-11-10-16(14-4-2-1-3-5-14)12-13-6-8-15-9-7-13;/h13-15,17H,1-12H2;1H. The van der Waals surface area contributed by atoms with Gasteiger partial charge in [-0.25, -0.2) is 0 Å². The second kappa shape index (κ2) is 9.13. The third-order valence-corrected chi connectivity index (χ3v) is 4.43. The van der Waals surface area contributed by atoms with E-state index >= 15 is 0 Å². The summed E-state index contributed by atoms with van der Waals surface area (Å²) in [5, 5.41) is 12.7. The fourth-order valence-electron chi connectivity index (χ4n) is 3.39. The van der Waals surface area contributed by atoms with E-state index in [9.17, 15) is 5.11 Å². The molecule has 0 aromatic rings. The lowest BCUT2D eigenvalue weighted by molar-refractivity contribution is 0.0988. The zero-order valence-corrected chi connectivity index (χ0v) is 12.3. The number of nitrogens with one attached hydrogen (secondary N) is 1. The summed E-state index contributed by atoms with van der Waals surface area (Å²) in [4.78, 5) is 2.58. The average molecular weight is 277 g/mol. The van der Waals surface area contributed by atoms with Gasteiger partial charge >= 0.3 is 0 Å². The highest BCUT2D eigenvalue weighted by molar-refractivity contribution is 5.85. The van der Waals surface area contributed by atoms with Crippen molar-refractivity contribution < 1.29 is 5.11 Å². The molecule has 2 N–H and O–H groups in total. The van der Waals surface area contributed by atoms with Gasteiger partial charge in [-0.15, -0.1) is 12.4 Å². The van der Waals surface area contributed by atoms with Gasteiger partial charge in [-0.2, -0.15) is 0 Å². The summed E-state index contributed by atoms with van der Waals surface area (Å²) in [7, 11) is 0. The number of rotatable bonds is 5. The van der Waals surface area contributed by atoms with Crippen LogP contribution < -0.4 is 5.32 Å². The fraction of sp³-hybridized carbons (Fsp3) is 1.00. The summed E-state index contributed by atoms with van der Waals surface area (Å²) in [6, 6.07) is 0.755. The first-order valence-corrected chi connectivity index (χ1v) is 7.46. The second-order valence-corrected chi connectivity index (χ2v) is 5.70. The molecule has 18 heavy (non-hydrogen) atoms. The van der Waals surface area contributed by atoms with Gasteiger partial charge in [0.25, 0.3) is 0 Å². The van der Waals surface area contributed by atoms with Gasteiger partial charge in [-0.3, -0.25) is 4.90 Å². The van der Waals surface area contributed by atoms with Crippen LogP contribution in [0.15, 0.2) is 0 Å². The van der Waals surface area contributed by atoms with Crippen LogP contribution in [0.3, 0.4) is 0 Å². The quantitative estimate of drug-likeness (QED) is 0.807. The number of aliphatic hydroxyl groups excluding tert-OH is 1. The molecule has 0 spiro atoms. The molecule has 0 atom stereocenters. The van der Waals surface area contributed by atoms with Crippen LogP contribution in [0.5, 0.6) is 0 Å². The molecule has 4 heteroatoms. The maximum Gasteiger partial charge on any atom is 0.0558 e. The molecule has 108 valence electrons. The Morgan fingerprint density at radius 2 is 1.67 bits per heavy atom. The number of nitrogens with zero attached hydrogens (tertiary/aromatic N) is 1. The third-order valence-electron chi connectivity index (χ3n) is 4.43. The lowest BCUT2D eigenvalue weighted by Crippen LogP contribution is -2.43. The van der Waals surface area contributed by atoms with Gasteiger partial charge in [0.15, 0.2) is 0 Å². The monoisotopic (exact) mass is 276 g/mol. The van der Waals surface area contributed by atoms with E-state index in [0.29, 0.717) is 6.61 Å². The normalized spacial score (nSPS) is 23.0. The van der Waals surface area contributed by atoms with Gasteiger partial charge in [-0.05, 0) is 44.7 Å². The Balaban J connectivity index is 0.00000162. The number of piperidine rings is 1. The van der Waals surface area contributed by atoms with Crippen LogP contribution in [0.4, 0.5) is 0 Å². The van der Waals surface area contributed by atoms with Crippen LogP contribution in [0, 0.1) is 5.92 Å². The van der Waals surface area contributed by atoms with Crippen LogP contribution in [0.25, 0.3) is 0 Å². The molecule has 0 aromatic carbocycles. The van der Waals surface area contributed by atoms with E-state index in [-0.39, 0.29) is 12.4 Å². The molecule has 0 aromatic heterocycles. The van der Waals surface area contributed by atoms with Crippen molar-refractivity contribution in [2.45, 2.75) is 51.0 Å². The summed E-state index contributed by atoms with van der Waals surface area (Å²) in [5.74, 6) is 0.852. The van der Waals surface area contributed by atoms with E-state index in [2.05, 4.69) is 10.2 Å². The Bertz CT molecular complexity index is 204. The maximum absolute atomic E-state index is 9.24. The van der Waals surface area contributed by atoms with Crippen molar-refractivity contribution in [1.29, 1.82) is 0 Å². The molecule has 1 heterocycles. The van der Waals surface area contributed by atoms with Crippen molar-refractivity contribution in [1.82, 2.24) is 10.2 Å². The molecular weight excluding hydrogens is 248 g/mol. The lowest BCUT2D eigenvalue weighted by Gasteiger charge is -2.37. The van der Waals surface area contributed by atoms with Gasteiger partial charge < -0.3 is 10.4 Å². The molecule has 1 saturated carbocycles. The van der Waals surface area contributed by atoms with Crippen LogP contribution in [0.2, 0.25) is 0 Å². The second-order valence-electron chi connectivity index (χ2n) is 5.70. The Hall–Kier alpha value is 0.170. The molecular formula is C14H29ClN2O. The Morgan fingerprint density at radius 1 is 1.00 bits per heavy atom. The predicted octanol–water partition coefficient (Wildman–Crippen LogP) is 2.03. The first-order valence-electron chi connectivity index (χ1n) is 7.46. The van der Waals surface area contributed by atoms with Crippen molar-refractivity contribution in [2.75, 3.05) is 32.8 Å². The molecule has 1 saturated heterocycles. The van der Waals surface area contributed by atoms with Gasteiger partial charge in [-0.1, -0.05) is 19.3 Å². The summed E-state index contributed by atoms with van der Waals surface area (Å²) >= 11 is 0. The van der Waals surface area contributed by atoms with Crippen molar-refractivity contribution in [2.24, 2.45) is 5.92 Å². The first kappa shape index (κ1) is 16.2. The number of halogens is 1.